The van der Waals surface area contributed by atoms with Gasteiger partial charge in [-0.25, -0.2) is 0 Å². The Balaban J connectivity index is 0.00000576. The molecule has 0 aromatic heterocycles. The van der Waals surface area contributed by atoms with Gasteiger partial charge in [0, 0.05) is 38.8 Å². The lowest BCUT2D eigenvalue weighted by Gasteiger charge is -2.33. The number of likely N-dealkylation sites (tertiary alicyclic amines) is 1. The predicted molar refractivity (Wildman–Crippen MR) is 119 cm³/mol. The molecule has 1 saturated heterocycles. The van der Waals surface area contributed by atoms with E-state index in [0.29, 0.717) is 18.1 Å². The Hall–Kier alpha value is -0.0800. The van der Waals surface area contributed by atoms with Crippen molar-refractivity contribution in [3.05, 3.63) is 0 Å². The highest BCUT2D eigenvalue weighted by Gasteiger charge is 2.19. The number of rotatable bonds is 10. The van der Waals surface area contributed by atoms with Gasteiger partial charge in [0.2, 0.25) is 0 Å². The molecule has 0 radical (unpaired) electrons. The summed E-state index contributed by atoms with van der Waals surface area (Å²) in [5.74, 6) is 1.69. The highest BCUT2D eigenvalue weighted by molar-refractivity contribution is 14.0. The van der Waals surface area contributed by atoms with Crippen LogP contribution in [0.2, 0.25) is 0 Å². The zero-order valence-electron chi connectivity index (χ0n) is 17.0. The first kappa shape index (κ1) is 24.9. The molecule has 150 valence electrons. The van der Waals surface area contributed by atoms with E-state index in [1.165, 1.54) is 25.7 Å². The number of guanidine groups is 1. The smallest absolute Gasteiger partial charge is 0.191 e. The summed E-state index contributed by atoms with van der Waals surface area (Å²) in [7, 11) is 0. The fourth-order valence-corrected chi connectivity index (χ4v) is 3.00. The lowest BCUT2D eigenvalue weighted by molar-refractivity contribution is 0.0532. The second-order valence-electron chi connectivity index (χ2n) is 7.08. The van der Waals surface area contributed by atoms with Crippen LogP contribution in [0.3, 0.4) is 0 Å². The van der Waals surface area contributed by atoms with Gasteiger partial charge in [0.05, 0.1) is 12.7 Å². The number of ether oxygens (including phenoxy) is 1. The van der Waals surface area contributed by atoms with Crippen LogP contribution in [0.15, 0.2) is 4.99 Å². The quantitative estimate of drug-likeness (QED) is 0.293. The van der Waals surface area contributed by atoms with Crippen LogP contribution in [0.25, 0.3) is 0 Å². The van der Waals surface area contributed by atoms with E-state index in [9.17, 15) is 0 Å². The van der Waals surface area contributed by atoms with Crippen molar-refractivity contribution in [1.82, 2.24) is 15.5 Å². The fraction of sp³-hybridized carbons (Fsp3) is 0.947. The van der Waals surface area contributed by atoms with Gasteiger partial charge in [0.1, 0.15) is 0 Å². The summed E-state index contributed by atoms with van der Waals surface area (Å²) >= 11 is 0. The molecule has 0 unspecified atom stereocenters. The molecule has 0 saturated carbocycles. The minimum Gasteiger partial charge on any atom is -0.377 e. The van der Waals surface area contributed by atoms with Crippen LogP contribution in [0.5, 0.6) is 0 Å². The van der Waals surface area contributed by atoms with Crippen molar-refractivity contribution in [3.63, 3.8) is 0 Å². The van der Waals surface area contributed by atoms with Crippen molar-refractivity contribution in [2.24, 2.45) is 10.9 Å². The average Bonchev–Trinajstić information content (AvgIpc) is 2.57. The van der Waals surface area contributed by atoms with Crippen LogP contribution in [0.4, 0.5) is 0 Å². The van der Waals surface area contributed by atoms with Crippen molar-refractivity contribution in [2.75, 3.05) is 39.3 Å². The van der Waals surface area contributed by atoms with Crippen molar-refractivity contribution in [2.45, 2.75) is 72.4 Å². The van der Waals surface area contributed by atoms with Crippen LogP contribution >= 0.6 is 24.0 Å². The first-order valence-electron chi connectivity index (χ1n) is 9.97. The standard InChI is InChI=1S/C19H40N4O.HI/c1-6-17(7-2)15-21-19(20-8-3)22-18-9-11-23(12-10-18)13-14-24-16(4)5;/h16-18H,6-15H2,1-5H3,(H2,20,21,22);1H. The minimum atomic E-state index is 0. The first-order valence-corrected chi connectivity index (χ1v) is 9.97. The van der Waals surface area contributed by atoms with Crippen LogP contribution in [0, 0.1) is 5.92 Å². The highest BCUT2D eigenvalue weighted by atomic mass is 127. The third kappa shape index (κ3) is 11.3. The SMILES string of the molecule is CCNC(=NCC(CC)CC)NC1CCN(CCOC(C)C)CC1.I. The predicted octanol–water partition coefficient (Wildman–Crippen LogP) is 3.49. The Labute approximate surface area is 172 Å². The lowest BCUT2D eigenvalue weighted by Crippen LogP contribution is -2.49. The Morgan fingerprint density at radius 1 is 1.16 bits per heavy atom. The molecule has 0 atom stereocenters. The van der Waals surface area contributed by atoms with Gasteiger partial charge in [-0.15, -0.1) is 24.0 Å². The molecule has 0 amide bonds. The van der Waals surface area contributed by atoms with E-state index < -0.39 is 0 Å². The van der Waals surface area contributed by atoms with Gasteiger partial charge >= 0.3 is 0 Å². The minimum absolute atomic E-state index is 0. The van der Waals surface area contributed by atoms with E-state index in [4.69, 9.17) is 9.73 Å². The van der Waals surface area contributed by atoms with E-state index in [-0.39, 0.29) is 24.0 Å². The average molecular weight is 468 g/mol. The molecule has 1 aliphatic heterocycles. The van der Waals surface area contributed by atoms with Gasteiger partial charge in [-0.05, 0) is 39.5 Å². The molecule has 6 heteroatoms. The summed E-state index contributed by atoms with van der Waals surface area (Å²) < 4.78 is 5.66. The number of hydrogen-bond donors (Lipinski definition) is 2. The molecule has 1 aliphatic rings. The molecular weight excluding hydrogens is 427 g/mol. The van der Waals surface area contributed by atoms with Crippen LogP contribution in [-0.4, -0.2) is 62.3 Å². The second-order valence-corrected chi connectivity index (χ2v) is 7.08. The van der Waals surface area contributed by atoms with Crippen LogP contribution < -0.4 is 10.6 Å². The highest BCUT2D eigenvalue weighted by Crippen LogP contribution is 2.11. The molecule has 0 bridgehead atoms. The first-order chi connectivity index (χ1) is 11.6. The molecule has 0 spiro atoms. The molecule has 0 aromatic rings. The molecule has 0 aromatic carbocycles. The summed E-state index contributed by atoms with van der Waals surface area (Å²) in [5.41, 5.74) is 0. The van der Waals surface area contributed by atoms with Crippen molar-refractivity contribution >= 4 is 29.9 Å². The van der Waals surface area contributed by atoms with Gasteiger partial charge in [0.15, 0.2) is 5.96 Å². The number of halogens is 1. The fourth-order valence-electron chi connectivity index (χ4n) is 3.00. The maximum Gasteiger partial charge on any atom is 0.191 e. The monoisotopic (exact) mass is 468 g/mol. The Morgan fingerprint density at radius 3 is 2.32 bits per heavy atom. The van der Waals surface area contributed by atoms with E-state index in [1.807, 2.05) is 0 Å². The number of nitrogens with one attached hydrogen (secondary N) is 2. The van der Waals surface area contributed by atoms with Gasteiger partial charge in [-0.2, -0.15) is 0 Å². The summed E-state index contributed by atoms with van der Waals surface area (Å²) in [5, 5.41) is 7.03. The van der Waals surface area contributed by atoms with Gasteiger partial charge in [-0.1, -0.05) is 26.7 Å². The summed E-state index contributed by atoms with van der Waals surface area (Å²) in [4.78, 5) is 7.31. The van der Waals surface area contributed by atoms with E-state index in [0.717, 1.165) is 45.3 Å². The zero-order valence-corrected chi connectivity index (χ0v) is 19.3. The van der Waals surface area contributed by atoms with Crippen molar-refractivity contribution in [1.29, 1.82) is 0 Å². The van der Waals surface area contributed by atoms with E-state index in [2.05, 4.69) is 50.2 Å². The van der Waals surface area contributed by atoms with Crippen molar-refractivity contribution in [3.8, 4) is 0 Å². The number of piperidine rings is 1. The van der Waals surface area contributed by atoms with Gasteiger partial charge in [-0.3, -0.25) is 4.99 Å². The normalized spacial score (nSPS) is 17.0. The number of nitrogens with zero attached hydrogens (tertiary/aromatic N) is 2. The summed E-state index contributed by atoms with van der Waals surface area (Å²) in [6.07, 6.45) is 5.10. The number of aliphatic imine (C=N–C) groups is 1. The Bertz CT molecular complexity index is 340. The molecule has 1 heterocycles. The van der Waals surface area contributed by atoms with Gasteiger partial charge < -0.3 is 20.3 Å². The zero-order chi connectivity index (χ0) is 17.8. The molecule has 5 nitrogen and oxygen atoms in total. The largest absolute Gasteiger partial charge is 0.377 e. The van der Waals surface area contributed by atoms with Crippen LogP contribution in [0.1, 0.15) is 60.3 Å². The van der Waals surface area contributed by atoms with E-state index >= 15 is 0 Å². The molecule has 25 heavy (non-hydrogen) atoms. The molecule has 2 N–H and O–H groups in total. The second kappa shape index (κ2) is 15.0. The van der Waals surface area contributed by atoms with E-state index in [1.54, 1.807) is 0 Å². The summed E-state index contributed by atoms with van der Waals surface area (Å²) in [6.45, 7) is 16.9. The van der Waals surface area contributed by atoms with Crippen LogP contribution in [-0.2, 0) is 4.74 Å². The third-order valence-corrected chi connectivity index (χ3v) is 4.79. The lowest BCUT2D eigenvalue weighted by atomic mass is 10.0. The summed E-state index contributed by atoms with van der Waals surface area (Å²) in [6, 6.07) is 0.534. The maximum atomic E-state index is 5.66. The maximum absolute atomic E-state index is 5.66. The molecule has 1 rings (SSSR count). The number of hydrogen-bond acceptors (Lipinski definition) is 3. The van der Waals surface area contributed by atoms with Crippen molar-refractivity contribution < 1.29 is 4.74 Å². The molecular formula is C19H41IN4O. The molecule has 1 fully saturated rings. The topological polar surface area (TPSA) is 48.9 Å². The Morgan fingerprint density at radius 2 is 1.80 bits per heavy atom. The molecule has 0 aliphatic carbocycles. The third-order valence-electron chi connectivity index (χ3n) is 4.79. The van der Waals surface area contributed by atoms with Gasteiger partial charge in [0.25, 0.3) is 0 Å². The Kier molecular flexibility index (Phi) is 15.0.